The van der Waals surface area contributed by atoms with Gasteiger partial charge in [-0.25, -0.2) is 0 Å². The maximum absolute atomic E-state index is 13.0. The first-order valence-electron chi connectivity index (χ1n) is 8.35. The Labute approximate surface area is 162 Å². The van der Waals surface area contributed by atoms with Crippen molar-refractivity contribution in [2.24, 2.45) is 12.0 Å². The monoisotopic (exact) mass is 388 g/mol. The van der Waals surface area contributed by atoms with E-state index in [2.05, 4.69) is 10.1 Å². The molecule has 1 unspecified atom stereocenters. The van der Waals surface area contributed by atoms with Crippen molar-refractivity contribution in [2.45, 2.75) is 26.8 Å². The van der Waals surface area contributed by atoms with Gasteiger partial charge < -0.3 is 0 Å². The van der Waals surface area contributed by atoms with Gasteiger partial charge in [-0.05, 0) is 51.1 Å². The molecule has 0 saturated carbocycles. The summed E-state index contributed by atoms with van der Waals surface area (Å²) in [6.07, 6.45) is 3.41. The highest BCUT2D eigenvalue weighted by atomic mass is 35.5. The molecule has 0 fully saturated rings. The number of halogens is 1. The van der Waals surface area contributed by atoms with Gasteiger partial charge in [-0.1, -0.05) is 23.4 Å². The number of amides is 1. The van der Waals surface area contributed by atoms with Crippen LogP contribution >= 0.6 is 23.4 Å². The molecule has 2 heterocycles. The fourth-order valence-corrected chi connectivity index (χ4v) is 3.93. The smallest absolute Gasteiger partial charge is 0.257 e. The number of carbonyl (C=O) groups is 1. The van der Waals surface area contributed by atoms with Gasteiger partial charge in [0.2, 0.25) is 0 Å². The van der Waals surface area contributed by atoms with E-state index < -0.39 is 0 Å². The fourth-order valence-electron chi connectivity index (χ4n) is 2.76. The molecule has 7 heteroatoms. The quantitative estimate of drug-likeness (QED) is 0.739. The first-order valence-corrected chi connectivity index (χ1v) is 9.71. The predicted molar refractivity (Wildman–Crippen MR) is 110 cm³/mol. The summed E-state index contributed by atoms with van der Waals surface area (Å²) >= 11 is 7.58. The minimum absolute atomic E-state index is 0.143. The SMILES string of the molecule is Cc1nn(C)c(C)c1C=CC(=O)N(C1=NC(C)CS1)c1ccc(Cl)cc1. The molecule has 1 aromatic heterocycles. The van der Waals surface area contributed by atoms with Crippen LogP contribution in [0.4, 0.5) is 5.69 Å². The van der Waals surface area contributed by atoms with Crippen LogP contribution in [0.5, 0.6) is 0 Å². The first kappa shape index (κ1) is 18.7. The number of rotatable bonds is 3. The lowest BCUT2D eigenvalue weighted by atomic mass is 10.2. The number of nitrogens with zero attached hydrogens (tertiary/aromatic N) is 4. The molecule has 0 N–H and O–H groups in total. The standard InChI is InChI=1S/C19H21ClN4OS/c1-12-11-26-19(21-12)24(16-7-5-15(20)6-8-16)18(25)10-9-17-13(2)22-23(4)14(17)3/h5-10,12H,11H2,1-4H3. The van der Waals surface area contributed by atoms with Crippen molar-refractivity contribution >= 4 is 46.2 Å². The second-order valence-corrected chi connectivity index (χ2v) is 7.69. The third kappa shape index (κ3) is 3.86. The number of aliphatic imine (C=N–C) groups is 1. The summed E-state index contributed by atoms with van der Waals surface area (Å²) in [5.74, 6) is 0.729. The van der Waals surface area contributed by atoms with E-state index in [-0.39, 0.29) is 11.9 Å². The van der Waals surface area contributed by atoms with Crippen molar-refractivity contribution in [1.29, 1.82) is 0 Å². The maximum atomic E-state index is 13.0. The number of aromatic nitrogens is 2. The molecule has 1 aromatic carbocycles. The Morgan fingerprint density at radius 2 is 2.04 bits per heavy atom. The van der Waals surface area contributed by atoms with Crippen molar-refractivity contribution < 1.29 is 4.79 Å². The van der Waals surface area contributed by atoms with Crippen molar-refractivity contribution in [3.05, 3.63) is 52.3 Å². The molecular formula is C19H21ClN4OS. The van der Waals surface area contributed by atoms with Crippen LogP contribution in [-0.2, 0) is 11.8 Å². The largest absolute Gasteiger partial charge is 0.272 e. The van der Waals surface area contributed by atoms with E-state index in [0.717, 1.165) is 28.4 Å². The molecule has 1 atom stereocenters. The molecule has 1 aliphatic heterocycles. The number of anilines is 1. The summed E-state index contributed by atoms with van der Waals surface area (Å²) in [4.78, 5) is 19.3. The zero-order valence-electron chi connectivity index (χ0n) is 15.2. The summed E-state index contributed by atoms with van der Waals surface area (Å²) in [7, 11) is 1.90. The van der Waals surface area contributed by atoms with Gasteiger partial charge in [0.1, 0.15) is 0 Å². The predicted octanol–water partition coefficient (Wildman–Crippen LogP) is 4.23. The van der Waals surface area contributed by atoms with Crippen LogP contribution in [0.15, 0.2) is 35.3 Å². The molecule has 1 aliphatic rings. The van der Waals surface area contributed by atoms with Gasteiger partial charge in [0, 0.05) is 35.2 Å². The fraction of sp³-hybridized carbons (Fsp3) is 0.316. The van der Waals surface area contributed by atoms with Gasteiger partial charge in [0.25, 0.3) is 5.91 Å². The van der Waals surface area contributed by atoms with E-state index in [0.29, 0.717) is 10.2 Å². The summed E-state index contributed by atoms with van der Waals surface area (Å²) in [5, 5.41) is 5.74. The average molecular weight is 389 g/mol. The Hall–Kier alpha value is -2.05. The minimum Gasteiger partial charge on any atom is -0.272 e. The van der Waals surface area contributed by atoms with E-state index in [1.54, 1.807) is 34.9 Å². The van der Waals surface area contributed by atoms with Crippen LogP contribution in [0.3, 0.4) is 0 Å². The number of benzene rings is 1. The number of hydrogen-bond acceptors (Lipinski definition) is 4. The summed E-state index contributed by atoms with van der Waals surface area (Å²) < 4.78 is 1.81. The molecule has 2 aromatic rings. The highest BCUT2D eigenvalue weighted by Gasteiger charge is 2.25. The molecule has 26 heavy (non-hydrogen) atoms. The van der Waals surface area contributed by atoms with Crippen LogP contribution in [0, 0.1) is 13.8 Å². The second kappa shape index (κ2) is 7.68. The number of thioether (sulfide) groups is 1. The highest BCUT2D eigenvalue weighted by Crippen LogP contribution is 2.27. The van der Waals surface area contributed by atoms with Crippen LogP contribution < -0.4 is 4.90 Å². The average Bonchev–Trinajstić information content (AvgIpc) is 3.12. The van der Waals surface area contributed by atoms with Crippen LogP contribution in [0.25, 0.3) is 6.08 Å². The third-order valence-electron chi connectivity index (χ3n) is 4.24. The van der Waals surface area contributed by atoms with E-state index in [9.17, 15) is 4.79 Å². The van der Waals surface area contributed by atoms with E-state index in [1.165, 1.54) is 0 Å². The lowest BCUT2D eigenvalue weighted by Crippen LogP contribution is -2.33. The Morgan fingerprint density at radius 3 is 2.58 bits per heavy atom. The molecule has 5 nitrogen and oxygen atoms in total. The van der Waals surface area contributed by atoms with Crippen LogP contribution in [0.2, 0.25) is 5.02 Å². The van der Waals surface area contributed by atoms with Crippen molar-refractivity contribution in [3.63, 3.8) is 0 Å². The number of carbonyl (C=O) groups excluding carboxylic acids is 1. The Morgan fingerprint density at radius 1 is 1.35 bits per heavy atom. The minimum atomic E-state index is -0.143. The molecule has 136 valence electrons. The van der Waals surface area contributed by atoms with Gasteiger partial charge in [0.05, 0.1) is 17.4 Å². The summed E-state index contributed by atoms with van der Waals surface area (Å²) in [6.45, 7) is 5.97. The summed E-state index contributed by atoms with van der Waals surface area (Å²) in [5.41, 5.74) is 3.63. The van der Waals surface area contributed by atoms with Crippen molar-refractivity contribution in [3.8, 4) is 0 Å². The molecule has 0 saturated heterocycles. The maximum Gasteiger partial charge on any atom is 0.257 e. The van der Waals surface area contributed by atoms with Crippen molar-refractivity contribution in [2.75, 3.05) is 10.7 Å². The van der Waals surface area contributed by atoms with E-state index in [4.69, 9.17) is 11.6 Å². The summed E-state index contributed by atoms with van der Waals surface area (Å²) in [6, 6.07) is 7.42. The van der Waals surface area contributed by atoms with Crippen LogP contribution in [0.1, 0.15) is 23.9 Å². The van der Waals surface area contributed by atoms with E-state index >= 15 is 0 Å². The Balaban J connectivity index is 1.93. The molecule has 0 bridgehead atoms. The number of hydrogen-bond donors (Lipinski definition) is 0. The zero-order chi connectivity index (χ0) is 18.8. The topological polar surface area (TPSA) is 50.5 Å². The third-order valence-corrected chi connectivity index (χ3v) is 5.69. The molecule has 0 aliphatic carbocycles. The van der Waals surface area contributed by atoms with Gasteiger partial charge >= 0.3 is 0 Å². The molecule has 0 spiro atoms. The van der Waals surface area contributed by atoms with Gasteiger partial charge in [-0.2, -0.15) is 5.10 Å². The number of amidine groups is 1. The molecular weight excluding hydrogens is 368 g/mol. The lowest BCUT2D eigenvalue weighted by Gasteiger charge is -2.20. The van der Waals surface area contributed by atoms with Crippen LogP contribution in [-0.4, -0.2) is 32.7 Å². The molecule has 1 amide bonds. The Kier molecular flexibility index (Phi) is 5.53. The first-order chi connectivity index (χ1) is 12.4. The van der Waals surface area contributed by atoms with E-state index in [1.807, 2.05) is 50.7 Å². The molecule has 3 rings (SSSR count). The van der Waals surface area contributed by atoms with Gasteiger partial charge in [-0.15, -0.1) is 0 Å². The highest BCUT2D eigenvalue weighted by molar-refractivity contribution is 8.14. The normalized spacial score (nSPS) is 17.0. The second-order valence-electron chi connectivity index (χ2n) is 6.26. The zero-order valence-corrected chi connectivity index (χ0v) is 16.8. The van der Waals surface area contributed by atoms with Crippen molar-refractivity contribution in [1.82, 2.24) is 9.78 Å². The lowest BCUT2D eigenvalue weighted by molar-refractivity contribution is -0.113. The number of aryl methyl sites for hydroxylation is 2. The molecule has 0 radical (unpaired) electrons. The van der Waals surface area contributed by atoms with Gasteiger partial charge in [0.15, 0.2) is 5.17 Å². The Bertz CT molecular complexity index is 886. The van der Waals surface area contributed by atoms with Gasteiger partial charge in [-0.3, -0.25) is 19.4 Å².